The van der Waals surface area contributed by atoms with Gasteiger partial charge in [0.1, 0.15) is 0 Å². The van der Waals surface area contributed by atoms with Crippen LogP contribution < -0.4 is 0 Å². The molecule has 0 saturated heterocycles. The second-order valence-electron chi connectivity index (χ2n) is 8.38. The minimum Gasteiger partial charge on any atom is -0.266 e. The van der Waals surface area contributed by atoms with E-state index >= 15 is 0 Å². The van der Waals surface area contributed by atoms with E-state index in [1.807, 2.05) is 72.3 Å². The standard InChI is InChI=1S/C28H20ClN3OS2/c1-17-26(27(18-7-3-2-4-8-18)20-15-19(29)11-12-21(20)30-17)22-16-23(24-9-5-13-34-24)32(31-22)28(33)25-10-6-14-35-25/h2-15,23H,16H2,1H3/t23-/m0/s1. The van der Waals surface area contributed by atoms with E-state index in [1.54, 1.807) is 16.3 Å². The average Bonchev–Trinajstić information content (AvgIpc) is 3.65. The number of benzene rings is 2. The van der Waals surface area contributed by atoms with Crippen LogP contribution in [0, 0.1) is 6.92 Å². The Hall–Kier alpha value is -3.32. The summed E-state index contributed by atoms with van der Waals surface area (Å²) in [6.45, 7) is 2.02. The van der Waals surface area contributed by atoms with Crippen molar-refractivity contribution in [1.29, 1.82) is 0 Å². The number of carbonyl (C=O) groups is 1. The molecule has 1 amide bonds. The summed E-state index contributed by atoms with van der Waals surface area (Å²) in [6, 6.07) is 23.7. The fourth-order valence-electron chi connectivity index (χ4n) is 4.68. The van der Waals surface area contributed by atoms with Gasteiger partial charge >= 0.3 is 0 Å². The normalized spacial score (nSPS) is 15.5. The Morgan fingerprint density at radius 2 is 1.77 bits per heavy atom. The first-order chi connectivity index (χ1) is 17.1. The number of hydrogen-bond acceptors (Lipinski definition) is 5. The van der Waals surface area contributed by atoms with Crippen molar-refractivity contribution in [3.05, 3.63) is 110 Å². The third-order valence-corrected chi connectivity index (χ3v) is 8.27. The molecule has 0 fully saturated rings. The summed E-state index contributed by atoms with van der Waals surface area (Å²) in [4.78, 5) is 20.2. The Morgan fingerprint density at radius 1 is 0.971 bits per heavy atom. The molecule has 1 aliphatic heterocycles. The van der Waals surface area contributed by atoms with Gasteiger partial charge in [-0.1, -0.05) is 54.1 Å². The lowest BCUT2D eigenvalue weighted by atomic mass is 9.90. The highest BCUT2D eigenvalue weighted by Crippen LogP contribution is 2.41. The molecule has 172 valence electrons. The molecule has 0 aliphatic carbocycles. The second kappa shape index (κ2) is 9.04. The van der Waals surface area contributed by atoms with Crippen molar-refractivity contribution in [2.75, 3.05) is 0 Å². The number of thiophene rings is 2. The smallest absolute Gasteiger partial charge is 0.266 e. The molecule has 4 heterocycles. The summed E-state index contributed by atoms with van der Waals surface area (Å²) in [7, 11) is 0. The van der Waals surface area contributed by atoms with Crippen LogP contribution in [0.5, 0.6) is 0 Å². The second-order valence-corrected chi connectivity index (χ2v) is 10.7. The van der Waals surface area contributed by atoms with Crippen molar-refractivity contribution >= 4 is 56.8 Å². The minimum absolute atomic E-state index is 0.0795. The average molecular weight is 514 g/mol. The Balaban J connectivity index is 1.57. The Bertz CT molecular complexity index is 1560. The largest absolute Gasteiger partial charge is 0.284 e. The van der Waals surface area contributed by atoms with Crippen molar-refractivity contribution in [2.45, 2.75) is 19.4 Å². The van der Waals surface area contributed by atoms with Gasteiger partial charge in [-0.15, -0.1) is 22.7 Å². The number of aromatic nitrogens is 1. The Labute approximate surface area is 216 Å². The number of nitrogens with zero attached hydrogens (tertiary/aromatic N) is 3. The predicted molar refractivity (Wildman–Crippen MR) is 146 cm³/mol. The number of hydrogen-bond donors (Lipinski definition) is 0. The van der Waals surface area contributed by atoms with E-state index in [4.69, 9.17) is 21.7 Å². The van der Waals surface area contributed by atoms with E-state index in [9.17, 15) is 4.79 Å². The van der Waals surface area contributed by atoms with Crippen LogP contribution in [-0.2, 0) is 0 Å². The number of carbonyl (C=O) groups excluding carboxylic acids is 1. The van der Waals surface area contributed by atoms with Crippen LogP contribution in [0.4, 0.5) is 0 Å². The van der Waals surface area contributed by atoms with Crippen LogP contribution in [0.15, 0.2) is 88.7 Å². The van der Waals surface area contributed by atoms with Gasteiger partial charge in [0.05, 0.1) is 22.1 Å². The molecule has 1 atom stereocenters. The third-order valence-electron chi connectivity index (χ3n) is 6.20. The van der Waals surface area contributed by atoms with Crippen LogP contribution in [0.2, 0.25) is 5.02 Å². The van der Waals surface area contributed by atoms with Crippen LogP contribution >= 0.6 is 34.3 Å². The number of aryl methyl sites for hydroxylation is 1. The highest BCUT2D eigenvalue weighted by Gasteiger charge is 2.36. The van der Waals surface area contributed by atoms with E-state index in [2.05, 4.69) is 18.2 Å². The molecule has 0 spiro atoms. The van der Waals surface area contributed by atoms with E-state index in [0.29, 0.717) is 16.3 Å². The molecule has 35 heavy (non-hydrogen) atoms. The summed E-state index contributed by atoms with van der Waals surface area (Å²) in [5.41, 5.74) is 5.71. The summed E-state index contributed by atoms with van der Waals surface area (Å²) in [6.07, 6.45) is 0.617. The number of rotatable bonds is 4. The number of amides is 1. The van der Waals surface area contributed by atoms with Crippen molar-refractivity contribution in [2.24, 2.45) is 5.10 Å². The molecule has 3 aromatic heterocycles. The van der Waals surface area contributed by atoms with Crippen molar-refractivity contribution in [3.63, 3.8) is 0 Å². The Morgan fingerprint density at radius 3 is 2.51 bits per heavy atom. The SMILES string of the molecule is Cc1nc2ccc(Cl)cc2c(-c2ccccc2)c1C1=NN(C(=O)c2cccs2)[C@H](c2cccs2)C1. The molecule has 5 aromatic rings. The van der Waals surface area contributed by atoms with Crippen LogP contribution in [-0.4, -0.2) is 21.6 Å². The monoisotopic (exact) mass is 513 g/mol. The predicted octanol–water partition coefficient (Wildman–Crippen LogP) is 7.98. The number of halogens is 1. The highest BCUT2D eigenvalue weighted by atomic mass is 35.5. The van der Waals surface area contributed by atoms with Gasteiger partial charge in [0, 0.05) is 38.5 Å². The first-order valence-electron chi connectivity index (χ1n) is 11.2. The summed E-state index contributed by atoms with van der Waals surface area (Å²) in [5, 5.41) is 12.2. The molecular weight excluding hydrogens is 494 g/mol. The van der Waals surface area contributed by atoms with Gasteiger partial charge in [0.2, 0.25) is 0 Å². The molecule has 0 saturated carbocycles. The first-order valence-corrected chi connectivity index (χ1v) is 13.4. The Kier molecular flexibility index (Phi) is 5.72. The minimum atomic E-state index is -0.155. The van der Waals surface area contributed by atoms with Crippen molar-refractivity contribution in [1.82, 2.24) is 9.99 Å². The van der Waals surface area contributed by atoms with E-state index in [-0.39, 0.29) is 11.9 Å². The van der Waals surface area contributed by atoms with E-state index < -0.39 is 0 Å². The van der Waals surface area contributed by atoms with Gasteiger partial charge in [-0.2, -0.15) is 5.10 Å². The lowest BCUT2D eigenvalue weighted by Crippen LogP contribution is -2.25. The molecule has 0 N–H and O–H groups in total. The van der Waals surface area contributed by atoms with Crippen LogP contribution in [0.25, 0.3) is 22.0 Å². The fraction of sp³-hybridized carbons (Fsp3) is 0.107. The first kappa shape index (κ1) is 22.2. The zero-order valence-electron chi connectivity index (χ0n) is 18.8. The molecule has 7 heteroatoms. The maximum atomic E-state index is 13.5. The van der Waals surface area contributed by atoms with Crippen LogP contribution in [0.1, 0.15) is 38.3 Å². The maximum absolute atomic E-state index is 13.5. The molecule has 6 rings (SSSR count). The van der Waals surface area contributed by atoms with Gasteiger partial charge in [-0.25, -0.2) is 5.01 Å². The van der Waals surface area contributed by atoms with E-state index in [0.717, 1.165) is 43.9 Å². The highest BCUT2D eigenvalue weighted by molar-refractivity contribution is 7.12. The number of fused-ring (bicyclic) bond motifs is 1. The third kappa shape index (κ3) is 3.97. The van der Waals surface area contributed by atoms with Gasteiger partial charge in [0.25, 0.3) is 5.91 Å². The van der Waals surface area contributed by atoms with Gasteiger partial charge in [-0.3, -0.25) is 9.78 Å². The van der Waals surface area contributed by atoms with Crippen LogP contribution in [0.3, 0.4) is 0 Å². The molecule has 0 unspecified atom stereocenters. The lowest BCUT2D eigenvalue weighted by Gasteiger charge is -2.19. The summed E-state index contributed by atoms with van der Waals surface area (Å²) in [5.74, 6) is -0.0795. The molecule has 4 nitrogen and oxygen atoms in total. The zero-order chi connectivity index (χ0) is 23.9. The molecule has 1 aliphatic rings. The van der Waals surface area contributed by atoms with Crippen molar-refractivity contribution < 1.29 is 4.79 Å². The molecule has 0 bridgehead atoms. The van der Waals surface area contributed by atoms with E-state index in [1.165, 1.54) is 11.3 Å². The van der Waals surface area contributed by atoms with Gasteiger partial charge in [0.15, 0.2) is 0 Å². The van der Waals surface area contributed by atoms with Crippen molar-refractivity contribution in [3.8, 4) is 11.1 Å². The topological polar surface area (TPSA) is 45.6 Å². The lowest BCUT2D eigenvalue weighted by molar-refractivity contribution is 0.0719. The molecule has 0 radical (unpaired) electrons. The summed E-state index contributed by atoms with van der Waals surface area (Å²) < 4.78 is 0. The molecule has 2 aromatic carbocycles. The zero-order valence-corrected chi connectivity index (χ0v) is 21.2. The van der Waals surface area contributed by atoms with Gasteiger partial charge in [-0.05, 0) is 53.6 Å². The number of hydrazone groups is 1. The quantitative estimate of drug-likeness (QED) is 0.244. The van der Waals surface area contributed by atoms with Gasteiger partial charge < -0.3 is 0 Å². The maximum Gasteiger partial charge on any atom is 0.284 e. The fourth-order valence-corrected chi connectivity index (χ4v) is 6.32. The summed E-state index contributed by atoms with van der Waals surface area (Å²) >= 11 is 9.52. The molecular formula is C28H20ClN3OS2. The number of pyridine rings is 1.